The lowest BCUT2D eigenvalue weighted by Crippen LogP contribution is -2.06. The van der Waals surface area contributed by atoms with E-state index in [0.29, 0.717) is 5.56 Å². The van der Waals surface area contributed by atoms with E-state index in [0.717, 1.165) is 27.0 Å². The predicted molar refractivity (Wildman–Crippen MR) is 77.1 cm³/mol. The molecule has 19 heavy (non-hydrogen) atoms. The number of aromatic carboxylic acids is 1. The Hall–Kier alpha value is -1.62. The number of hydrogen-bond donors (Lipinski definition) is 1. The van der Waals surface area contributed by atoms with Crippen LogP contribution in [-0.2, 0) is 0 Å². The van der Waals surface area contributed by atoms with Crippen molar-refractivity contribution in [1.29, 1.82) is 0 Å². The Bertz CT molecular complexity index is 638. The molecule has 2 aromatic heterocycles. The summed E-state index contributed by atoms with van der Waals surface area (Å²) in [7, 11) is 0. The number of nitrogens with zero attached hydrogens (tertiary/aromatic N) is 2. The summed E-state index contributed by atoms with van der Waals surface area (Å²) in [5.41, 5.74) is 3.07. The topological polar surface area (TPSA) is 55.1 Å². The fourth-order valence-corrected chi connectivity index (χ4v) is 3.38. The van der Waals surface area contributed by atoms with E-state index in [1.807, 2.05) is 20.8 Å². The third-order valence-electron chi connectivity index (χ3n) is 3.17. The van der Waals surface area contributed by atoms with E-state index < -0.39 is 5.97 Å². The summed E-state index contributed by atoms with van der Waals surface area (Å²) < 4.78 is 2.07. The number of aryl methyl sites for hydroxylation is 2. The van der Waals surface area contributed by atoms with Crippen molar-refractivity contribution in [2.24, 2.45) is 0 Å². The molecule has 0 saturated heterocycles. The molecule has 1 N–H and O–H groups in total. The minimum Gasteiger partial charge on any atom is -0.478 e. The van der Waals surface area contributed by atoms with Crippen LogP contribution in [0.1, 0.15) is 46.6 Å². The largest absolute Gasteiger partial charge is 0.478 e. The smallest absolute Gasteiger partial charge is 0.337 e. The monoisotopic (exact) mass is 278 g/mol. The number of aromatic nitrogens is 2. The van der Waals surface area contributed by atoms with E-state index in [1.165, 1.54) is 0 Å². The van der Waals surface area contributed by atoms with Gasteiger partial charge in [-0.2, -0.15) is 0 Å². The van der Waals surface area contributed by atoms with Crippen molar-refractivity contribution in [2.75, 3.05) is 0 Å². The molecular formula is C14H18N2O2S. The van der Waals surface area contributed by atoms with Crippen LogP contribution in [0.5, 0.6) is 0 Å². The summed E-state index contributed by atoms with van der Waals surface area (Å²) in [6.45, 7) is 9.91. The lowest BCUT2D eigenvalue weighted by Gasteiger charge is -2.15. The van der Waals surface area contributed by atoms with Crippen LogP contribution in [0.25, 0.3) is 10.6 Å². The quantitative estimate of drug-likeness (QED) is 0.928. The van der Waals surface area contributed by atoms with Crippen molar-refractivity contribution >= 4 is 17.3 Å². The van der Waals surface area contributed by atoms with Crippen LogP contribution in [0, 0.1) is 20.8 Å². The molecule has 0 bridgehead atoms. The van der Waals surface area contributed by atoms with Gasteiger partial charge in [-0.3, -0.25) is 0 Å². The van der Waals surface area contributed by atoms with Crippen LogP contribution in [0.4, 0.5) is 0 Å². The Morgan fingerprint density at radius 1 is 1.37 bits per heavy atom. The first kappa shape index (κ1) is 13.8. The Kier molecular flexibility index (Phi) is 3.49. The normalized spacial score (nSPS) is 11.3. The minimum absolute atomic E-state index is 0.213. The molecule has 0 aromatic carbocycles. The van der Waals surface area contributed by atoms with Crippen molar-refractivity contribution in [3.05, 3.63) is 28.0 Å². The maximum atomic E-state index is 11.3. The average molecular weight is 278 g/mol. The lowest BCUT2D eigenvalue weighted by molar-refractivity contribution is 0.0696. The molecule has 4 nitrogen and oxygen atoms in total. The van der Waals surface area contributed by atoms with Crippen LogP contribution in [0.15, 0.2) is 6.07 Å². The van der Waals surface area contributed by atoms with E-state index in [2.05, 4.69) is 23.4 Å². The molecule has 5 heteroatoms. The zero-order valence-electron chi connectivity index (χ0n) is 11.8. The highest BCUT2D eigenvalue weighted by Crippen LogP contribution is 2.35. The van der Waals surface area contributed by atoms with Crippen LogP contribution >= 0.6 is 11.3 Å². The van der Waals surface area contributed by atoms with Crippen molar-refractivity contribution in [2.45, 2.75) is 40.7 Å². The zero-order valence-corrected chi connectivity index (χ0v) is 12.6. The van der Waals surface area contributed by atoms with Gasteiger partial charge in [0.05, 0.1) is 26.8 Å². The number of carbonyl (C=O) groups is 1. The number of carboxylic acids is 1. The highest BCUT2D eigenvalue weighted by molar-refractivity contribution is 7.15. The zero-order chi connectivity index (χ0) is 14.3. The van der Waals surface area contributed by atoms with E-state index in [-0.39, 0.29) is 6.04 Å². The van der Waals surface area contributed by atoms with Crippen molar-refractivity contribution in [1.82, 2.24) is 9.55 Å². The van der Waals surface area contributed by atoms with Crippen LogP contribution < -0.4 is 0 Å². The van der Waals surface area contributed by atoms with Crippen molar-refractivity contribution in [3.8, 4) is 10.6 Å². The standard InChI is InChI=1S/C14H18N2O2S/c1-7(2)16-9(4)11(14(17)18)6-12(16)13-8(3)15-10(5)19-13/h6-7H,1-5H3,(H,17,18). The van der Waals surface area contributed by atoms with Gasteiger partial charge in [0.1, 0.15) is 0 Å². The fraction of sp³-hybridized carbons (Fsp3) is 0.429. The summed E-state index contributed by atoms with van der Waals surface area (Å²) in [5, 5.41) is 10.3. The number of thiazole rings is 1. The predicted octanol–water partition coefficient (Wildman–Crippen LogP) is 3.82. The fourth-order valence-electron chi connectivity index (χ4n) is 2.45. The first-order valence-electron chi connectivity index (χ1n) is 6.22. The van der Waals surface area contributed by atoms with Gasteiger partial charge < -0.3 is 9.67 Å². The molecule has 2 rings (SSSR count). The van der Waals surface area contributed by atoms with E-state index in [9.17, 15) is 9.90 Å². The Labute approximate surface area is 116 Å². The number of carboxylic acid groups (broad SMARTS) is 1. The molecule has 0 saturated carbocycles. The van der Waals surface area contributed by atoms with Crippen LogP contribution in [0.2, 0.25) is 0 Å². The molecule has 0 radical (unpaired) electrons. The first-order chi connectivity index (χ1) is 8.82. The molecule has 0 atom stereocenters. The summed E-state index contributed by atoms with van der Waals surface area (Å²) in [6.07, 6.45) is 0. The molecule has 0 fully saturated rings. The Morgan fingerprint density at radius 3 is 2.42 bits per heavy atom. The van der Waals surface area contributed by atoms with Crippen molar-refractivity contribution in [3.63, 3.8) is 0 Å². The first-order valence-corrected chi connectivity index (χ1v) is 7.04. The molecule has 0 amide bonds. The third kappa shape index (κ3) is 2.30. The molecule has 2 heterocycles. The van der Waals surface area contributed by atoms with Gasteiger partial charge in [-0.15, -0.1) is 11.3 Å². The average Bonchev–Trinajstić information content (AvgIpc) is 2.78. The second-order valence-electron chi connectivity index (χ2n) is 4.94. The summed E-state index contributed by atoms with van der Waals surface area (Å²) in [6, 6.07) is 1.97. The maximum Gasteiger partial charge on any atom is 0.337 e. The highest BCUT2D eigenvalue weighted by atomic mass is 32.1. The minimum atomic E-state index is -0.878. The molecule has 0 spiro atoms. The van der Waals surface area contributed by atoms with E-state index in [1.54, 1.807) is 17.4 Å². The van der Waals surface area contributed by atoms with E-state index >= 15 is 0 Å². The second kappa shape index (κ2) is 4.81. The van der Waals surface area contributed by atoms with Gasteiger partial charge in [0.25, 0.3) is 0 Å². The van der Waals surface area contributed by atoms with Gasteiger partial charge in [-0.25, -0.2) is 9.78 Å². The van der Waals surface area contributed by atoms with Crippen LogP contribution in [-0.4, -0.2) is 20.6 Å². The molecule has 102 valence electrons. The number of hydrogen-bond acceptors (Lipinski definition) is 3. The van der Waals surface area contributed by atoms with Crippen molar-refractivity contribution < 1.29 is 9.90 Å². The molecule has 2 aromatic rings. The summed E-state index contributed by atoms with van der Waals surface area (Å²) >= 11 is 1.61. The van der Waals surface area contributed by atoms with Gasteiger partial charge >= 0.3 is 5.97 Å². The summed E-state index contributed by atoms with van der Waals surface area (Å²) in [4.78, 5) is 16.8. The van der Waals surface area contributed by atoms with Gasteiger partial charge in [-0.05, 0) is 40.7 Å². The highest BCUT2D eigenvalue weighted by Gasteiger charge is 2.21. The van der Waals surface area contributed by atoms with Gasteiger partial charge in [0.2, 0.25) is 0 Å². The maximum absolute atomic E-state index is 11.3. The van der Waals surface area contributed by atoms with E-state index in [4.69, 9.17) is 0 Å². The molecular weight excluding hydrogens is 260 g/mol. The number of rotatable bonds is 3. The SMILES string of the molecule is Cc1nc(C)c(-c2cc(C(=O)O)c(C)n2C(C)C)s1. The Morgan fingerprint density at radius 2 is 2.00 bits per heavy atom. The third-order valence-corrected chi connectivity index (χ3v) is 4.27. The molecule has 0 aliphatic carbocycles. The molecule has 0 aliphatic heterocycles. The lowest BCUT2D eigenvalue weighted by atomic mass is 10.2. The second-order valence-corrected chi connectivity index (χ2v) is 6.15. The molecule has 0 unspecified atom stereocenters. The van der Waals surface area contributed by atoms with Gasteiger partial charge in [0, 0.05) is 11.7 Å². The Balaban J connectivity index is 2.72. The van der Waals surface area contributed by atoms with Gasteiger partial charge in [-0.1, -0.05) is 0 Å². The van der Waals surface area contributed by atoms with Crippen LogP contribution in [0.3, 0.4) is 0 Å². The van der Waals surface area contributed by atoms with Gasteiger partial charge in [0.15, 0.2) is 0 Å². The summed E-state index contributed by atoms with van der Waals surface area (Å²) in [5.74, 6) is -0.878. The molecule has 0 aliphatic rings.